The number of ketones is 1. The zero-order chi connectivity index (χ0) is 20.8. The molecule has 0 fully saturated rings. The van der Waals surface area contributed by atoms with Crippen LogP contribution in [0.1, 0.15) is 40.2 Å². The lowest BCUT2D eigenvalue weighted by atomic mass is 10.1. The molecule has 2 aromatic rings. The highest BCUT2D eigenvalue weighted by Crippen LogP contribution is 2.14. The first kappa shape index (κ1) is 20.9. The van der Waals surface area contributed by atoms with E-state index in [9.17, 15) is 19.2 Å². The van der Waals surface area contributed by atoms with Crippen LogP contribution in [-0.4, -0.2) is 44.5 Å². The molecule has 0 saturated carbocycles. The number of aryl methyl sites for hydroxylation is 1. The molecule has 0 bridgehead atoms. The maximum absolute atomic E-state index is 12.6. The van der Waals surface area contributed by atoms with Crippen LogP contribution in [0.5, 0.6) is 0 Å². The topological polar surface area (TPSA) is 126 Å². The Kier molecular flexibility index (Phi) is 6.70. The lowest BCUT2D eigenvalue weighted by Crippen LogP contribution is -2.42. The van der Waals surface area contributed by atoms with Crippen LogP contribution in [0, 0.1) is 6.92 Å². The normalized spacial score (nSPS) is 11.6. The first-order chi connectivity index (χ1) is 13.2. The van der Waals surface area contributed by atoms with E-state index in [1.165, 1.54) is 0 Å². The van der Waals surface area contributed by atoms with Gasteiger partial charge in [0.05, 0.1) is 12.1 Å². The van der Waals surface area contributed by atoms with Gasteiger partial charge in [-0.15, -0.1) is 0 Å². The molecule has 0 aliphatic rings. The maximum atomic E-state index is 12.6. The van der Waals surface area contributed by atoms with E-state index in [-0.39, 0.29) is 25.0 Å². The lowest BCUT2D eigenvalue weighted by molar-refractivity contribution is -0.143. The number of carboxylic acid groups (broad SMARTS) is 2. The van der Waals surface area contributed by atoms with Crippen LogP contribution in [-0.2, 0) is 27.9 Å². The van der Waals surface area contributed by atoms with Gasteiger partial charge in [-0.1, -0.05) is 29.8 Å². The number of benzene rings is 1. The number of hydrogen-bond donors (Lipinski definition) is 3. The van der Waals surface area contributed by atoms with Gasteiger partial charge in [0.25, 0.3) is 0 Å². The van der Waals surface area contributed by atoms with Crippen molar-refractivity contribution < 1.29 is 29.4 Å². The molecule has 2 rings (SSSR count). The van der Waals surface area contributed by atoms with E-state index in [4.69, 9.17) is 10.2 Å². The number of hydrogen-bond acceptors (Lipinski definition) is 4. The summed E-state index contributed by atoms with van der Waals surface area (Å²) in [5, 5.41) is 20.1. The molecule has 1 amide bonds. The van der Waals surface area contributed by atoms with Gasteiger partial charge >= 0.3 is 11.9 Å². The Hall–Kier alpha value is -3.42. The number of carbonyl (C=O) groups excluding carboxylic acids is 2. The molecule has 1 aromatic heterocycles. The van der Waals surface area contributed by atoms with E-state index >= 15 is 0 Å². The van der Waals surface area contributed by atoms with Crippen molar-refractivity contribution in [1.82, 2.24) is 9.88 Å². The van der Waals surface area contributed by atoms with E-state index < -0.39 is 23.9 Å². The van der Waals surface area contributed by atoms with Gasteiger partial charge in [0.2, 0.25) is 11.7 Å². The molecular weight excluding hydrogens is 364 g/mol. The van der Waals surface area contributed by atoms with Crippen molar-refractivity contribution in [3.05, 3.63) is 58.9 Å². The Morgan fingerprint density at radius 3 is 2.25 bits per heavy atom. The minimum Gasteiger partial charge on any atom is -0.481 e. The number of nitrogens with zero attached hydrogens (tertiary/aromatic N) is 1. The summed E-state index contributed by atoms with van der Waals surface area (Å²) in [6.07, 6.45) is -0.703. The van der Waals surface area contributed by atoms with Crippen molar-refractivity contribution in [3.8, 4) is 0 Å². The van der Waals surface area contributed by atoms with Crippen LogP contribution >= 0.6 is 0 Å². The van der Waals surface area contributed by atoms with Gasteiger partial charge in [-0.3, -0.25) is 14.4 Å². The highest BCUT2D eigenvalue weighted by Gasteiger charge is 2.22. The van der Waals surface area contributed by atoms with E-state index in [0.717, 1.165) is 5.56 Å². The molecule has 148 valence electrons. The Bertz CT molecular complexity index is 898. The molecule has 0 spiro atoms. The minimum absolute atomic E-state index is 0.130. The molecule has 0 aliphatic heterocycles. The van der Waals surface area contributed by atoms with Crippen LogP contribution in [0.4, 0.5) is 0 Å². The van der Waals surface area contributed by atoms with Crippen molar-refractivity contribution in [3.63, 3.8) is 0 Å². The lowest BCUT2D eigenvalue weighted by Gasteiger charge is -2.14. The van der Waals surface area contributed by atoms with Gasteiger partial charge in [-0.25, -0.2) is 4.79 Å². The van der Waals surface area contributed by atoms with Gasteiger partial charge < -0.3 is 20.1 Å². The minimum atomic E-state index is -1.29. The van der Waals surface area contributed by atoms with Gasteiger partial charge in [0.1, 0.15) is 6.04 Å². The van der Waals surface area contributed by atoms with Gasteiger partial charge in [-0.05, 0) is 25.5 Å². The first-order valence-electron chi connectivity index (χ1n) is 8.69. The van der Waals surface area contributed by atoms with Crippen LogP contribution in [0.2, 0.25) is 0 Å². The zero-order valence-electron chi connectivity index (χ0n) is 15.6. The van der Waals surface area contributed by atoms with Crippen LogP contribution in [0.25, 0.3) is 0 Å². The fourth-order valence-corrected chi connectivity index (χ4v) is 2.75. The molecule has 1 unspecified atom stereocenters. The van der Waals surface area contributed by atoms with Gasteiger partial charge in [0.15, 0.2) is 0 Å². The highest BCUT2D eigenvalue weighted by atomic mass is 16.4. The summed E-state index contributed by atoms with van der Waals surface area (Å²) in [4.78, 5) is 46.6. The van der Waals surface area contributed by atoms with Crippen molar-refractivity contribution in [1.29, 1.82) is 0 Å². The van der Waals surface area contributed by atoms with E-state index in [1.807, 2.05) is 19.1 Å². The average Bonchev–Trinajstić information content (AvgIpc) is 2.98. The Morgan fingerprint density at radius 1 is 1.04 bits per heavy atom. The van der Waals surface area contributed by atoms with E-state index in [0.29, 0.717) is 17.0 Å². The summed E-state index contributed by atoms with van der Waals surface area (Å²) in [6, 6.07) is 9.12. The largest absolute Gasteiger partial charge is 0.481 e. The second kappa shape index (κ2) is 8.98. The van der Waals surface area contributed by atoms with Crippen molar-refractivity contribution >= 4 is 23.6 Å². The predicted molar refractivity (Wildman–Crippen MR) is 100 cm³/mol. The Labute approximate surface area is 161 Å². The Balaban J connectivity index is 2.07. The molecule has 1 atom stereocenters. The molecule has 0 radical (unpaired) electrons. The number of carboxylic acids is 2. The third-order valence-electron chi connectivity index (χ3n) is 4.39. The molecule has 8 heteroatoms. The number of amides is 1. The number of aliphatic carboxylic acids is 2. The SMILES string of the molecule is Cc1ccc(C(=O)c2ccc(CC(=O)NC(CCC(=O)O)C(=O)O)n2C)cc1. The molecule has 28 heavy (non-hydrogen) atoms. The third-order valence-corrected chi connectivity index (χ3v) is 4.39. The van der Waals surface area contributed by atoms with E-state index in [1.54, 1.807) is 35.9 Å². The van der Waals surface area contributed by atoms with Gasteiger partial charge in [-0.2, -0.15) is 0 Å². The monoisotopic (exact) mass is 386 g/mol. The summed E-state index contributed by atoms with van der Waals surface area (Å²) < 4.78 is 1.59. The Morgan fingerprint density at radius 2 is 1.68 bits per heavy atom. The second-order valence-electron chi connectivity index (χ2n) is 6.53. The fourth-order valence-electron chi connectivity index (χ4n) is 2.75. The standard InChI is InChI=1S/C20H22N2O6/c1-12-3-5-13(6-4-12)19(26)16-9-7-14(22(16)2)11-17(23)21-15(20(27)28)8-10-18(24)25/h3-7,9,15H,8,10-11H2,1-2H3,(H,21,23)(H,24,25)(H,27,28). The summed E-state index contributed by atoms with van der Waals surface area (Å²) in [5.41, 5.74) is 2.52. The smallest absolute Gasteiger partial charge is 0.326 e. The summed E-state index contributed by atoms with van der Waals surface area (Å²) in [5.74, 6) is -3.17. The van der Waals surface area contributed by atoms with Crippen molar-refractivity contribution in [2.75, 3.05) is 0 Å². The molecule has 0 aliphatic carbocycles. The van der Waals surface area contributed by atoms with Crippen molar-refractivity contribution in [2.24, 2.45) is 7.05 Å². The fraction of sp³-hybridized carbons (Fsp3) is 0.300. The zero-order valence-corrected chi connectivity index (χ0v) is 15.6. The average molecular weight is 386 g/mol. The van der Waals surface area contributed by atoms with Crippen molar-refractivity contribution in [2.45, 2.75) is 32.2 Å². The van der Waals surface area contributed by atoms with Crippen LogP contribution in [0.3, 0.4) is 0 Å². The second-order valence-corrected chi connectivity index (χ2v) is 6.53. The quantitative estimate of drug-likeness (QED) is 0.561. The summed E-state index contributed by atoms with van der Waals surface area (Å²) in [7, 11) is 1.66. The number of nitrogens with one attached hydrogen (secondary N) is 1. The molecule has 8 nitrogen and oxygen atoms in total. The van der Waals surface area contributed by atoms with E-state index in [2.05, 4.69) is 5.32 Å². The number of aromatic nitrogens is 1. The third kappa shape index (κ3) is 5.29. The van der Waals surface area contributed by atoms with Crippen LogP contribution in [0.15, 0.2) is 36.4 Å². The van der Waals surface area contributed by atoms with Crippen LogP contribution < -0.4 is 5.32 Å². The maximum Gasteiger partial charge on any atom is 0.326 e. The highest BCUT2D eigenvalue weighted by molar-refractivity contribution is 6.08. The molecular formula is C20H22N2O6. The first-order valence-corrected chi connectivity index (χ1v) is 8.69. The molecule has 1 aromatic carbocycles. The molecule has 0 saturated heterocycles. The number of rotatable bonds is 9. The molecule has 1 heterocycles. The summed E-state index contributed by atoms with van der Waals surface area (Å²) in [6.45, 7) is 1.92. The predicted octanol–water partition coefficient (Wildman–Crippen LogP) is 1.54. The molecule has 3 N–H and O–H groups in total. The number of carbonyl (C=O) groups is 4. The summed E-state index contributed by atoms with van der Waals surface area (Å²) >= 11 is 0. The van der Waals surface area contributed by atoms with Gasteiger partial charge in [0, 0.05) is 24.7 Å².